The van der Waals surface area contributed by atoms with Crippen LogP contribution in [0.3, 0.4) is 0 Å². The van der Waals surface area contributed by atoms with Crippen molar-refractivity contribution in [3.05, 3.63) is 46.9 Å². The van der Waals surface area contributed by atoms with Crippen LogP contribution in [-0.2, 0) is 4.74 Å². The number of ether oxygens (including phenoxy) is 1. The van der Waals surface area contributed by atoms with Gasteiger partial charge in [-0.05, 0) is 30.7 Å². The van der Waals surface area contributed by atoms with Gasteiger partial charge in [0.2, 0.25) is 0 Å². The quantitative estimate of drug-likeness (QED) is 0.936. The highest BCUT2D eigenvalue weighted by Gasteiger charge is 2.20. The van der Waals surface area contributed by atoms with Gasteiger partial charge in [-0.1, -0.05) is 11.6 Å². The van der Waals surface area contributed by atoms with Crippen LogP contribution >= 0.6 is 11.6 Å². The Morgan fingerprint density at radius 1 is 1.26 bits per heavy atom. The Kier molecular flexibility index (Phi) is 4.73. The minimum absolute atomic E-state index is 0.105. The molecular formula is C16H17ClN4O2. The highest BCUT2D eigenvalue weighted by Crippen LogP contribution is 2.22. The molecule has 1 aliphatic rings. The molecule has 1 fully saturated rings. The number of aromatic nitrogens is 2. The van der Waals surface area contributed by atoms with Crippen molar-refractivity contribution in [1.82, 2.24) is 14.9 Å². The summed E-state index contributed by atoms with van der Waals surface area (Å²) in [7, 11) is 0. The second-order valence-electron chi connectivity index (χ2n) is 5.28. The molecule has 0 saturated carbocycles. The van der Waals surface area contributed by atoms with E-state index in [0.29, 0.717) is 42.8 Å². The minimum Gasteiger partial charge on any atom is -0.378 e. The third-order valence-corrected chi connectivity index (χ3v) is 3.87. The van der Waals surface area contributed by atoms with Crippen LogP contribution in [0.25, 0.3) is 0 Å². The van der Waals surface area contributed by atoms with Crippen LogP contribution < -0.4 is 5.32 Å². The predicted molar refractivity (Wildman–Crippen MR) is 88.2 cm³/mol. The van der Waals surface area contributed by atoms with Crippen LogP contribution in [-0.4, -0.2) is 47.1 Å². The first-order chi connectivity index (χ1) is 11.1. The number of anilines is 2. The van der Waals surface area contributed by atoms with Crippen molar-refractivity contribution < 1.29 is 9.53 Å². The summed E-state index contributed by atoms with van der Waals surface area (Å²) in [5.74, 6) is 0.466. The van der Waals surface area contributed by atoms with E-state index < -0.39 is 0 Å². The number of amides is 1. The number of halogens is 1. The van der Waals surface area contributed by atoms with E-state index in [2.05, 4.69) is 15.3 Å². The van der Waals surface area contributed by atoms with Gasteiger partial charge in [0, 0.05) is 29.9 Å². The van der Waals surface area contributed by atoms with Crippen molar-refractivity contribution in [2.75, 3.05) is 31.6 Å². The molecule has 1 N–H and O–H groups in total. The van der Waals surface area contributed by atoms with Gasteiger partial charge in [-0.2, -0.15) is 0 Å². The minimum atomic E-state index is -0.105. The lowest BCUT2D eigenvalue weighted by molar-refractivity contribution is 0.0299. The Hall–Kier alpha value is -2.18. The summed E-state index contributed by atoms with van der Waals surface area (Å²) in [6, 6.07) is 7.21. The summed E-state index contributed by atoms with van der Waals surface area (Å²) in [6.07, 6.45) is 1.39. The van der Waals surface area contributed by atoms with Gasteiger partial charge in [0.25, 0.3) is 5.91 Å². The van der Waals surface area contributed by atoms with Crippen molar-refractivity contribution in [3.63, 3.8) is 0 Å². The maximum atomic E-state index is 12.5. The summed E-state index contributed by atoms with van der Waals surface area (Å²) < 4.78 is 5.26. The number of benzene rings is 1. The van der Waals surface area contributed by atoms with Crippen LogP contribution in [0.15, 0.2) is 30.6 Å². The number of nitrogens with one attached hydrogen (secondary N) is 1. The van der Waals surface area contributed by atoms with E-state index >= 15 is 0 Å². The van der Waals surface area contributed by atoms with E-state index in [1.165, 1.54) is 6.33 Å². The molecule has 120 valence electrons. The van der Waals surface area contributed by atoms with Gasteiger partial charge in [0.15, 0.2) is 0 Å². The molecule has 23 heavy (non-hydrogen) atoms. The molecule has 0 aliphatic carbocycles. The fraction of sp³-hybridized carbons (Fsp3) is 0.312. The third-order valence-electron chi connectivity index (χ3n) is 3.64. The normalized spacial score (nSPS) is 14.6. The Morgan fingerprint density at radius 2 is 2.04 bits per heavy atom. The molecule has 3 rings (SSSR count). The van der Waals surface area contributed by atoms with Gasteiger partial charge in [-0.25, -0.2) is 9.97 Å². The number of carbonyl (C=O) groups is 1. The Balaban J connectivity index is 1.78. The first kappa shape index (κ1) is 15.7. The molecule has 2 aromatic rings. The zero-order valence-corrected chi connectivity index (χ0v) is 13.5. The van der Waals surface area contributed by atoms with E-state index in [1.54, 1.807) is 17.0 Å². The monoisotopic (exact) mass is 332 g/mol. The molecule has 0 atom stereocenters. The van der Waals surface area contributed by atoms with Crippen molar-refractivity contribution in [2.24, 2.45) is 0 Å². The van der Waals surface area contributed by atoms with E-state index in [4.69, 9.17) is 16.3 Å². The second kappa shape index (κ2) is 6.93. The van der Waals surface area contributed by atoms with Gasteiger partial charge in [-0.3, -0.25) is 4.79 Å². The van der Waals surface area contributed by atoms with Crippen LogP contribution in [0.1, 0.15) is 16.1 Å². The maximum Gasteiger partial charge on any atom is 0.272 e. The molecule has 0 radical (unpaired) electrons. The topological polar surface area (TPSA) is 67.4 Å². The lowest BCUT2D eigenvalue weighted by Gasteiger charge is -2.26. The fourth-order valence-corrected chi connectivity index (χ4v) is 2.60. The largest absolute Gasteiger partial charge is 0.378 e. The molecule has 1 aliphatic heterocycles. The van der Waals surface area contributed by atoms with Crippen LogP contribution in [0.2, 0.25) is 5.02 Å². The summed E-state index contributed by atoms with van der Waals surface area (Å²) >= 11 is 5.96. The number of hydrogen-bond donors (Lipinski definition) is 1. The van der Waals surface area contributed by atoms with Crippen molar-refractivity contribution >= 4 is 29.0 Å². The van der Waals surface area contributed by atoms with Gasteiger partial charge < -0.3 is 15.0 Å². The third kappa shape index (κ3) is 3.78. The molecule has 1 amide bonds. The average molecular weight is 333 g/mol. The predicted octanol–water partition coefficient (Wildman–Crippen LogP) is 2.65. The summed E-state index contributed by atoms with van der Waals surface area (Å²) in [5.41, 5.74) is 2.26. The standard InChI is InChI=1S/C16H17ClN4O2/c1-11-8-12(17)2-3-13(11)20-15-9-14(18-10-19-15)16(22)21-4-6-23-7-5-21/h2-3,8-10H,4-7H2,1H3,(H,18,19,20). The summed E-state index contributed by atoms with van der Waals surface area (Å²) in [4.78, 5) is 22.5. The van der Waals surface area contributed by atoms with Crippen molar-refractivity contribution in [3.8, 4) is 0 Å². The number of rotatable bonds is 3. The van der Waals surface area contributed by atoms with E-state index in [-0.39, 0.29) is 5.91 Å². The molecule has 6 nitrogen and oxygen atoms in total. The molecule has 2 heterocycles. The summed E-state index contributed by atoms with van der Waals surface area (Å²) in [6.45, 7) is 4.25. The number of aryl methyl sites for hydroxylation is 1. The molecule has 0 unspecified atom stereocenters. The van der Waals surface area contributed by atoms with Gasteiger partial charge >= 0.3 is 0 Å². The molecular weight excluding hydrogens is 316 g/mol. The molecule has 1 aromatic carbocycles. The highest BCUT2D eigenvalue weighted by molar-refractivity contribution is 6.30. The number of morpholine rings is 1. The zero-order valence-electron chi connectivity index (χ0n) is 12.8. The molecule has 0 spiro atoms. The molecule has 1 aromatic heterocycles. The molecule has 7 heteroatoms. The van der Waals surface area contributed by atoms with Gasteiger partial charge in [0.1, 0.15) is 17.8 Å². The first-order valence-corrected chi connectivity index (χ1v) is 7.73. The number of hydrogen-bond acceptors (Lipinski definition) is 5. The van der Waals surface area contributed by atoms with Crippen LogP contribution in [0.4, 0.5) is 11.5 Å². The summed E-state index contributed by atoms with van der Waals surface area (Å²) in [5, 5.41) is 3.87. The zero-order chi connectivity index (χ0) is 16.2. The average Bonchev–Trinajstić information content (AvgIpc) is 2.58. The van der Waals surface area contributed by atoms with Gasteiger partial charge in [0.05, 0.1) is 13.2 Å². The van der Waals surface area contributed by atoms with Crippen LogP contribution in [0.5, 0.6) is 0 Å². The highest BCUT2D eigenvalue weighted by atomic mass is 35.5. The van der Waals surface area contributed by atoms with Crippen molar-refractivity contribution in [1.29, 1.82) is 0 Å². The molecule has 1 saturated heterocycles. The lowest BCUT2D eigenvalue weighted by Crippen LogP contribution is -2.41. The Labute approximate surface area is 139 Å². The first-order valence-electron chi connectivity index (χ1n) is 7.36. The SMILES string of the molecule is Cc1cc(Cl)ccc1Nc1cc(C(=O)N2CCOCC2)ncn1. The molecule has 0 bridgehead atoms. The van der Waals surface area contributed by atoms with Gasteiger partial charge in [-0.15, -0.1) is 0 Å². The van der Waals surface area contributed by atoms with E-state index in [0.717, 1.165) is 11.3 Å². The van der Waals surface area contributed by atoms with Crippen LogP contribution in [0, 0.1) is 6.92 Å². The smallest absolute Gasteiger partial charge is 0.272 e. The van der Waals surface area contributed by atoms with E-state index in [9.17, 15) is 4.79 Å². The Morgan fingerprint density at radius 3 is 2.78 bits per heavy atom. The van der Waals surface area contributed by atoms with Crippen molar-refractivity contribution in [2.45, 2.75) is 6.92 Å². The lowest BCUT2D eigenvalue weighted by atomic mass is 10.2. The second-order valence-corrected chi connectivity index (χ2v) is 5.71. The number of nitrogens with zero attached hydrogens (tertiary/aromatic N) is 3. The number of carbonyl (C=O) groups excluding carboxylic acids is 1. The van der Waals surface area contributed by atoms with E-state index in [1.807, 2.05) is 19.1 Å². The Bertz CT molecular complexity index is 717. The maximum absolute atomic E-state index is 12.5. The fourth-order valence-electron chi connectivity index (χ4n) is 2.38.